The molecular weight excluding hydrogens is 453 g/mol. The molecule has 0 unspecified atom stereocenters. The summed E-state index contributed by atoms with van der Waals surface area (Å²) in [6.07, 6.45) is 11.2. The van der Waals surface area contributed by atoms with Crippen LogP contribution in [-0.2, 0) is 11.3 Å². The number of carbonyl (C=O) groups excluding carboxylic acids is 1. The van der Waals surface area contributed by atoms with Crippen LogP contribution in [0.3, 0.4) is 0 Å². The first-order valence-electron chi connectivity index (χ1n) is 14.3. The maximum atomic E-state index is 14.5. The second-order valence-electron chi connectivity index (χ2n) is 13.4. The molecule has 4 saturated carbocycles. The van der Waals surface area contributed by atoms with Gasteiger partial charge in [0.25, 0.3) is 0 Å². The van der Waals surface area contributed by atoms with E-state index in [1.165, 1.54) is 25.7 Å². The molecule has 8 atom stereocenters. The van der Waals surface area contributed by atoms with Crippen molar-refractivity contribution in [1.82, 2.24) is 15.0 Å². The summed E-state index contributed by atoms with van der Waals surface area (Å²) in [5, 5.41) is 19.0. The Morgan fingerprint density at radius 1 is 1.11 bits per heavy atom. The predicted octanol–water partition coefficient (Wildman–Crippen LogP) is 6.25. The maximum absolute atomic E-state index is 14.5. The van der Waals surface area contributed by atoms with Crippen LogP contribution in [-0.4, -0.2) is 31.5 Å². The van der Waals surface area contributed by atoms with Crippen molar-refractivity contribution in [2.45, 2.75) is 104 Å². The fraction of sp³-hybridized carbons (Fsp3) is 0.767. The van der Waals surface area contributed by atoms with E-state index < -0.39 is 5.60 Å². The Balaban J connectivity index is 1.23. The molecule has 5 nitrogen and oxygen atoms in total. The lowest BCUT2D eigenvalue weighted by Gasteiger charge is -2.63. The molecule has 0 saturated heterocycles. The van der Waals surface area contributed by atoms with Crippen LogP contribution in [0.4, 0.5) is 4.39 Å². The summed E-state index contributed by atoms with van der Waals surface area (Å²) in [6, 6.07) is 3.57. The van der Waals surface area contributed by atoms with E-state index in [4.69, 9.17) is 0 Å². The number of halogens is 1. The summed E-state index contributed by atoms with van der Waals surface area (Å²) in [7, 11) is 0. The van der Waals surface area contributed by atoms with Crippen LogP contribution in [0.15, 0.2) is 12.1 Å². The number of ketones is 1. The molecule has 2 aromatic rings. The smallest absolute Gasteiger partial charge is 0.157 e. The Morgan fingerprint density at radius 2 is 1.92 bits per heavy atom. The molecule has 1 aromatic heterocycles. The van der Waals surface area contributed by atoms with Gasteiger partial charge in [-0.3, -0.25) is 4.79 Å². The van der Waals surface area contributed by atoms with Crippen molar-refractivity contribution in [3.63, 3.8) is 0 Å². The number of hydrogen-bond donors (Lipinski definition) is 1. The van der Waals surface area contributed by atoms with Crippen molar-refractivity contribution < 1.29 is 14.3 Å². The van der Waals surface area contributed by atoms with Crippen LogP contribution in [0.2, 0.25) is 0 Å². The Bertz CT molecular complexity index is 1190. The highest BCUT2D eigenvalue weighted by atomic mass is 19.1. The first kappa shape index (κ1) is 24.5. The summed E-state index contributed by atoms with van der Waals surface area (Å²) >= 11 is 0. The average Bonchev–Trinajstić information content (AvgIpc) is 3.41. The van der Waals surface area contributed by atoms with Crippen LogP contribution in [0.5, 0.6) is 0 Å². The Morgan fingerprint density at radius 3 is 2.69 bits per heavy atom. The molecule has 0 aliphatic heterocycles. The SMILES string of the molecule is CC[C@]12CC[C@@](C)(O)C[C@H]1CC[C@H]1[C@@H]3CC[C@H](C(=O)Cn4nnc5c(F)c(C)ccc54)[C@@]3(C)CC[C@@H]12. The number of hydrogen-bond acceptors (Lipinski definition) is 4. The highest BCUT2D eigenvalue weighted by Gasteiger charge is 2.62. The lowest BCUT2D eigenvalue weighted by atomic mass is 9.42. The third-order valence-electron chi connectivity index (χ3n) is 11.8. The quantitative estimate of drug-likeness (QED) is 0.545. The van der Waals surface area contributed by atoms with E-state index in [9.17, 15) is 14.3 Å². The van der Waals surface area contributed by atoms with Gasteiger partial charge in [-0.25, -0.2) is 9.07 Å². The molecule has 196 valence electrons. The minimum Gasteiger partial charge on any atom is -0.390 e. The van der Waals surface area contributed by atoms with E-state index in [1.54, 1.807) is 17.7 Å². The summed E-state index contributed by atoms with van der Waals surface area (Å²) in [5.41, 5.74) is 1.31. The molecule has 6 rings (SSSR count). The second kappa shape index (κ2) is 8.34. The Hall–Kier alpha value is -1.82. The molecule has 1 N–H and O–H groups in total. The van der Waals surface area contributed by atoms with E-state index in [0.29, 0.717) is 34.2 Å². The standard InChI is InChI=1S/C30H42FN3O2/c1-5-30-15-14-28(3,36)16-19(30)7-8-20-21-9-10-23(29(21,4)13-12-22(20)30)25(35)17-34-24-11-6-18(2)26(31)27(24)32-33-34/h6,11,19-23,36H,5,7-10,12-17H2,1-4H3/t19-,20+,21+,22+,23-,28-,29+,30+/m1/s1. The number of Topliss-reactive ketones (excluding diaryl/α,β-unsaturated/α-hetero) is 1. The van der Waals surface area contributed by atoms with Crippen LogP contribution < -0.4 is 0 Å². The van der Waals surface area contributed by atoms with Gasteiger partial charge in [-0.2, -0.15) is 0 Å². The van der Waals surface area contributed by atoms with E-state index >= 15 is 0 Å². The van der Waals surface area contributed by atoms with Gasteiger partial charge in [0.1, 0.15) is 12.1 Å². The van der Waals surface area contributed by atoms with Gasteiger partial charge in [-0.15, -0.1) is 5.10 Å². The Labute approximate surface area is 214 Å². The Kier molecular flexibility index (Phi) is 5.68. The number of carbonyl (C=O) groups is 1. The lowest BCUT2D eigenvalue weighted by Crippen LogP contribution is -2.56. The van der Waals surface area contributed by atoms with Gasteiger partial charge in [0.15, 0.2) is 11.6 Å². The lowest BCUT2D eigenvalue weighted by molar-refractivity contribution is -0.158. The molecule has 36 heavy (non-hydrogen) atoms. The van der Waals surface area contributed by atoms with E-state index in [1.807, 2.05) is 13.0 Å². The third-order valence-corrected chi connectivity index (χ3v) is 11.8. The zero-order valence-corrected chi connectivity index (χ0v) is 22.4. The third kappa shape index (κ3) is 3.45. The molecular formula is C30H42FN3O2. The predicted molar refractivity (Wildman–Crippen MR) is 138 cm³/mol. The number of aryl methyl sites for hydroxylation is 1. The summed E-state index contributed by atoms with van der Waals surface area (Å²) < 4.78 is 16.1. The van der Waals surface area contributed by atoms with Gasteiger partial charge in [-0.05, 0) is 124 Å². The maximum Gasteiger partial charge on any atom is 0.157 e. The van der Waals surface area contributed by atoms with E-state index in [2.05, 4.69) is 24.2 Å². The molecule has 4 aliphatic rings. The second-order valence-corrected chi connectivity index (χ2v) is 13.4. The monoisotopic (exact) mass is 495 g/mol. The van der Waals surface area contributed by atoms with Gasteiger partial charge in [-0.1, -0.05) is 25.1 Å². The summed E-state index contributed by atoms with van der Waals surface area (Å²) in [6.45, 7) is 8.72. The molecule has 4 aliphatic carbocycles. The number of aromatic nitrogens is 3. The molecule has 0 radical (unpaired) electrons. The fourth-order valence-corrected chi connectivity index (χ4v) is 9.95. The molecule has 0 bridgehead atoms. The number of nitrogens with zero attached hydrogens (tertiary/aromatic N) is 3. The van der Waals surface area contributed by atoms with Gasteiger partial charge >= 0.3 is 0 Å². The van der Waals surface area contributed by atoms with Crippen LogP contribution >= 0.6 is 0 Å². The van der Waals surface area contributed by atoms with Crippen molar-refractivity contribution in [3.05, 3.63) is 23.5 Å². The number of rotatable bonds is 4. The van der Waals surface area contributed by atoms with Gasteiger partial charge in [0.2, 0.25) is 0 Å². The minimum atomic E-state index is -0.503. The number of aliphatic hydroxyl groups is 1. The minimum absolute atomic E-state index is 0.0401. The van der Waals surface area contributed by atoms with Crippen LogP contribution in [0, 0.1) is 53.2 Å². The van der Waals surface area contributed by atoms with Crippen molar-refractivity contribution >= 4 is 16.8 Å². The van der Waals surface area contributed by atoms with E-state index in [-0.39, 0.29) is 35.0 Å². The average molecular weight is 496 g/mol. The fourth-order valence-electron chi connectivity index (χ4n) is 9.95. The van der Waals surface area contributed by atoms with Crippen LogP contribution in [0.1, 0.15) is 90.5 Å². The number of fused-ring (bicyclic) bond motifs is 6. The highest BCUT2D eigenvalue weighted by molar-refractivity contribution is 5.84. The van der Waals surface area contributed by atoms with Crippen molar-refractivity contribution in [2.75, 3.05) is 0 Å². The normalized spacial score (nSPS) is 42.1. The topological polar surface area (TPSA) is 68.0 Å². The molecule has 1 aromatic carbocycles. The molecule has 4 fully saturated rings. The molecule has 0 amide bonds. The zero-order chi connectivity index (χ0) is 25.5. The zero-order valence-electron chi connectivity index (χ0n) is 22.4. The summed E-state index contributed by atoms with van der Waals surface area (Å²) in [5.74, 6) is 2.60. The molecule has 0 spiro atoms. The van der Waals surface area contributed by atoms with Crippen molar-refractivity contribution in [2.24, 2.45) is 40.4 Å². The number of benzene rings is 1. The molecule has 1 heterocycles. The van der Waals surface area contributed by atoms with Crippen molar-refractivity contribution in [3.8, 4) is 0 Å². The van der Waals surface area contributed by atoms with E-state index in [0.717, 1.165) is 44.4 Å². The highest BCUT2D eigenvalue weighted by Crippen LogP contribution is 2.69. The van der Waals surface area contributed by atoms with Crippen molar-refractivity contribution in [1.29, 1.82) is 0 Å². The first-order valence-corrected chi connectivity index (χ1v) is 14.3. The summed E-state index contributed by atoms with van der Waals surface area (Å²) in [4.78, 5) is 13.7. The van der Waals surface area contributed by atoms with Gasteiger partial charge in [0, 0.05) is 5.92 Å². The largest absolute Gasteiger partial charge is 0.390 e. The van der Waals surface area contributed by atoms with Crippen LogP contribution in [0.25, 0.3) is 11.0 Å². The van der Waals surface area contributed by atoms with Gasteiger partial charge < -0.3 is 5.11 Å². The molecule has 6 heteroatoms. The first-order chi connectivity index (χ1) is 17.1. The van der Waals surface area contributed by atoms with Gasteiger partial charge in [0.05, 0.1) is 11.1 Å².